The molecular weight excluding hydrogens is 428 g/mol. The molecule has 0 radical (unpaired) electrons. The standard InChI is InChI=1S/C19H27ClFN3O2.2ClH/c1-13-12-24(9-10-26-13)16(17-14(20)5-4-6-15(17)21)11-23-18(25)19(22)7-2-3-8-19;;/h4-6,13,16H,2-3,7-12,22H2,1H3,(H,23,25);2*1H. The molecular formula is C19H29Cl3FN3O2. The first-order valence-electron chi connectivity index (χ1n) is 9.27. The van der Waals surface area contributed by atoms with E-state index in [-0.39, 0.29) is 55.2 Å². The van der Waals surface area contributed by atoms with E-state index in [1.54, 1.807) is 12.1 Å². The summed E-state index contributed by atoms with van der Waals surface area (Å²) in [5, 5.41) is 3.33. The Morgan fingerprint density at radius 3 is 2.71 bits per heavy atom. The summed E-state index contributed by atoms with van der Waals surface area (Å²) in [5.74, 6) is -0.520. The minimum Gasteiger partial charge on any atom is -0.376 e. The average molecular weight is 457 g/mol. The van der Waals surface area contributed by atoms with Crippen molar-refractivity contribution in [1.29, 1.82) is 0 Å². The normalized spacial score (nSPS) is 22.6. The van der Waals surface area contributed by atoms with E-state index >= 15 is 0 Å². The van der Waals surface area contributed by atoms with Gasteiger partial charge in [0.2, 0.25) is 5.91 Å². The number of carbonyl (C=O) groups excluding carboxylic acids is 1. The highest BCUT2D eigenvalue weighted by molar-refractivity contribution is 6.31. The first-order chi connectivity index (χ1) is 12.4. The minimum atomic E-state index is -0.804. The second-order valence-electron chi connectivity index (χ2n) is 7.40. The molecule has 0 spiro atoms. The van der Waals surface area contributed by atoms with Gasteiger partial charge in [-0.05, 0) is 31.9 Å². The summed E-state index contributed by atoms with van der Waals surface area (Å²) < 4.78 is 20.2. The number of hydrogen-bond acceptors (Lipinski definition) is 4. The van der Waals surface area contributed by atoms with Crippen LogP contribution in [0.5, 0.6) is 0 Å². The number of nitrogens with one attached hydrogen (secondary N) is 1. The molecule has 1 heterocycles. The summed E-state index contributed by atoms with van der Waals surface area (Å²) in [5.41, 5.74) is 5.86. The van der Waals surface area contributed by atoms with Gasteiger partial charge in [-0.1, -0.05) is 30.5 Å². The molecule has 3 rings (SSSR count). The van der Waals surface area contributed by atoms with Crippen LogP contribution in [0.1, 0.15) is 44.2 Å². The van der Waals surface area contributed by atoms with Gasteiger partial charge in [0.05, 0.1) is 24.3 Å². The van der Waals surface area contributed by atoms with Gasteiger partial charge in [-0.2, -0.15) is 0 Å². The summed E-state index contributed by atoms with van der Waals surface area (Å²) in [6, 6.07) is 4.32. The summed E-state index contributed by atoms with van der Waals surface area (Å²) in [4.78, 5) is 14.7. The summed E-state index contributed by atoms with van der Waals surface area (Å²) in [6.45, 7) is 4.13. The number of halogens is 4. The minimum absolute atomic E-state index is 0. The third-order valence-electron chi connectivity index (χ3n) is 5.45. The SMILES string of the molecule is CC1CN(C(CNC(=O)C2(N)CCCC2)c2c(F)cccc2Cl)CCO1.Cl.Cl. The Balaban J connectivity index is 0.00000196. The van der Waals surface area contributed by atoms with Gasteiger partial charge in [-0.3, -0.25) is 9.69 Å². The molecule has 1 saturated heterocycles. The van der Waals surface area contributed by atoms with E-state index in [9.17, 15) is 9.18 Å². The molecule has 5 nitrogen and oxygen atoms in total. The molecule has 160 valence electrons. The van der Waals surface area contributed by atoms with Gasteiger partial charge in [0.15, 0.2) is 0 Å². The van der Waals surface area contributed by atoms with Crippen LogP contribution in [0.15, 0.2) is 18.2 Å². The molecule has 1 aromatic carbocycles. The fourth-order valence-corrected chi connectivity index (χ4v) is 4.26. The van der Waals surface area contributed by atoms with Crippen molar-refractivity contribution in [1.82, 2.24) is 10.2 Å². The lowest BCUT2D eigenvalue weighted by Crippen LogP contribution is -2.54. The second-order valence-corrected chi connectivity index (χ2v) is 7.81. The van der Waals surface area contributed by atoms with Crippen molar-refractivity contribution in [3.05, 3.63) is 34.6 Å². The number of hydrogen-bond donors (Lipinski definition) is 2. The molecule has 9 heteroatoms. The van der Waals surface area contributed by atoms with Gasteiger partial charge in [-0.25, -0.2) is 4.39 Å². The lowest BCUT2D eigenvalue weighted by molar-refractivity contribution is -0.126. The van der Waals surface area contributed by atoms with Gasteiger partial charge in [0.25, 0.3) is 0 Å². The maximum atomic E-state index is 14.6. The average Bonchev–Trinajstić information content (AvgIpc) is 3.05. The third kappa shape index (κ3) is 5.71. The smallest absolute Gasteiger partial charge is 0.240 e. The topological polar surface area (TPSA) is 67.6 Å². The summed E-state index contributed by atoms with van der Waals surface area (Å²) in [6.07, 6.45) is 3.36. The van der Waals surface area contributed by atoms with Crippen LogP contribution in [0, 0.1) is 5.82 Å². The second kappa shape index (κ2) is 11.0. The highest BCUT2D eigenvalue weighted by Crippen LogP contribution is 2.32. The molecule has 2 unspecified atom stereocenters. The number of ether oxygens (including phenoxy) is 1. The predicted molar refractivity (Wildman–Crippen MR) is 114 cm³/mol. The van der Waals surface area contributed by atoms with Crippen molar-refractivity contribution in [2.45, 2.75) is 50.3 Å². The number of nitrogens with two attached hydrogens (primary N) is 1. The zero-order chi connectivity index (χ0) is 18.7. The van der Waals surface area contributed by atoms with Gasteiger partial charge in [-0.15, -0.1) is 24.8 Å². The Labute approximate surface area is 183 Å². The fraction of sp³-hybridized carbons (Fsp3) is 0.632. The van der Waals surface area contributed by atoms with E-state index in [0.717, 1.165) is 12.8 Å². The van der Waals surface area contributed by atoms with E-state index in [0.29, 0.717) is 43.1 Å². The lowest BCUT2D eigenvalue weighted by atomic mass is 9.97. The maximum absolute atomic E-state index is 14.6. The number of carbonyl (C=O) groups is 1. The van der Waals surface area contributed by atoms with Crippen LogP contribution >= 0.6 is 36.4 Å². The highest BCUT2D eigenvalue weighted by Gasteiger charge is 2.38. The lowest BCUT2D eigenvalue weighted by Gasteiger charge is -2.38. The van der Waals surface area contributed by atoms with E-state index < -0.39 is 5.54 Å². The Morgan fingerprint density at radius 1 is 1.43 bits per heavy atom. The molecule has 2 aliphatic rings. The summed E-state index contributed by atoms with van der Waals surface area (Å²) in [7, 11) is 0. The fourth-order valence-electron chi connectivity index (χ4n) is 3.97. The van der Waals surface area contributed by atoms with Crippen LogP contribution in [0.2, 0.25) is 5.02 Å². The Hall–Kier alpha value is -0.630. The third-order valence-corrected chi connectivity index (χ3v) is 5.78. The van der Waals surface area contributed by atoms with E-state index in [1.165, 1.54) is 6.07 Å². The number of rotatable bonds is 5. The van der Waals surface area contributed by atoms with Crippen LogP contribution in [0.4, 0.5) is 4.39 Å². The van der Waals surface area contributed by atoms with E-state index in [1.807, 2.05) is 6.92 Å². The van der Waals surface area contributed by atoms with Crippen molar-refractivity contribution in [2.24, 2.45) is 5.73 Å². The number of benzene rings is 1. The number of morpholine rings is 1. The molecule has 2 fully saturated rings. The van der Waals surface area contributed by atoms with Crippen molar-refractivity contribution >= 4 is 42.3 Å². The molecule has 1 amide bonds. The van der Waals surface area contributed by atoms with Crippen molar-refractivity contribution < 1.29 is 13.9 Å². The van der Waals surface area contributed by atoms with Crippen LogP contribution in [0.25, 0.3) is 0 Å². The zero-order valence-electron chi connectivity index (χ0n) is 16.0. The molecule has 2 atom stereocenters. The number of nitrogens with zero attached hydrogens (tertiary/aromatic N) is 1. The van der Waals surface area contributed by atoms with Crippen LogP contribution in [-0.2, 0) is 9.53 Å². The summed E-state index contributed by atoms with van der Waals surface area (Å²) >= 11 is 6.31. The van der Waals surface area contributed by atoms with Gasteiger partial charge >= 0.3 is 0 Å². The molecule has 1 aromatic rings. The first kappa shape index (κ1) is 25.4. The predicted octanol–water partition coefficient (Wildman–Crippen LogP) is 3.47. The van der Waals surface area contributed by atoms with Gasteiger partial charge < -0.3 is 15.8 Å². The molecule has 3 N–H and O–H groups in total. The van der Waals surface area contributed by atoms with Gasteiger partial charge in [0.1, 0.15) is 5.82 Å². The van der Waals surface area contributed by atoms with Crippen molar-refractivity contribution in [2.75, 3.05) is 26.2 Å². The van der Waals surface area contributed by atoms with Crippen LogP contribution in [-0.4, -0.2) is 48.7 Å². The largest absolute Gasteiger partial charge is 0.376 e. The number of amides is 1. The first-order valence-corrected chi connectivity index (χ1v) is 9.65. The highest BCUT2D eigenvalue weighted by atomic mass is 35.5. The molecule has 28 heavy (non-hydrogen) atoms. The molecule has 1 aliphatic carbocycles. The molecule has 1 aliphatic heterocycles. The Morgan fingerprint density at radius 2 is 2.11 bits per heavy atom. The monoisotopic (exact) mass is 455 g/mol. The quantitative estimate of drug-likeness (QED) is 0.712. The Kier molecular flexibility index (Phi) is 9.94. The molecule has 1 saturated carbocycles. The van der Waals surface area contributed by atoms with Crippen LogP contribution < -0.4 is 11.1 Å². The van der Waals surface area contributed by atoms with Crippen LogP contribution in [0.3, 0.4) is 0 Å². The molecule has 0 bridgehead atoms. The Bertz CT molecular complexity index is 639. The van der Waals surface area contributed by atoms with E-state index in [2.05, 4.69) is 10.2 Å². The zero-order valence-corrected chi connectivity index (χ0v) is 18.3. The van der Waals surface area contributed by atoms with Crippen molar-refractivity contribution in [3.8, 4) is 0 Å². The van der Waals surface area contributed by atoms with Crippen molar-refractivity contribution in [3.63, 3.8) is 0 Å². The molecule has 0 aromatic heterocycles. The van der Waals surface area contributed by atoms with Gasteiger partial charge in [0, 0.05) is 30.2 Å². The maximum Gasteiger partial charge on any atom is 0.240 e. The van der Waals surface area contributed by atoms with E-state index in [4.69, 9.17) is 22.1 Å².